The highest BCUT2D eigenvalue weighted by molar-refractivity contribution is 5.82. The van der Waals surface area contributed by atoms with Gasteiger partial charge in [-0.2, -0.15) is 0 Å². The van der Waals surface area contributed by atoms with Gasteiger partial charge >= 0.3 is 5.97 Å². The van der Waals surface area contributed by atoms with Crippen LogP contribution in [-0.2, 0) is 20.9 Å². The van der Waals surface area contributed by atoms with Crippen molar-refractivity contribution in [1.82, 2.24) is 4.90 Å². The fourth-order valence-corrected chi connectivity index (χ4v) is 3.08. The van der Waals surface area contributed by atoms with E-state index in [9.17, 15) is 9.59 Å². The van der Waals surface area contributed by atoms with Gasteiger partial charge in [-0.1, -0.05) is 43.7 Å². The zero-order valence-electron chi connectivity index (χ0n) is 12.7. The molecule has 0 N–H and O–H groups in total. The lowest BCUT2D eigenvalue weighted by molar-refractivity contribution is -0.155. The average molecular weight is 289 g/mol. The predicted octanol–water partition coefficient (Wildman–Crippen LogP) is 2.77. The minimum Gasteiger partial charge on any atom is -0.469 e. The van der Waals surface area contributed by atoms with Gasteiger partial charge in [-0.3, -0.25) is 9.59 Å². The second kappa shape index (κ2) is 7.25. The SMILES string of the molecule is CCC[C@@H]1[C@H](C(=O)OC)CCC(=O)N1Cc1ccccc1. The van der Waals surface area contributed by atoms with E-state index < -0.39 is 0 Å². The smallest absolute Gasteiger partial charge is 0.310 e. The highest BCUT2D eigenvalue weighted by Gasteiger charge is 2.39. The first-order valence-corrected chi connectivity index (χ1v) is 7.58. The molecular formula is C17H23NO3. The van der Waals surface area contributed by atoms with Crippen molar-refractivity contribution in [2.45, 2.75) is 45.2 Å². The summed E-state index contributed by atoms with van der Waals surface area (Å²) < 4.78 is 4.92. The molecule has 2 rings (SSSR count). The van der Waals surface area contributed by atoms with Crippen molar-refractivity contribution >= 4 is 11.9 Å². The summed E-state index contributed by atoms with van der Waals surface area (Å²) in [5, 5.41) is 0. The Morgan fingerprint density at radius 2 is 2.05 bits per heavy atom. The highest BCUT2D eigenvalue weighted by atomic mass is 16.5. The van der Waals surface area contributed by atoms with Gasteiger partial charge in [-0.25, -0.2) is 0 Å². The molecule has 1 aromatic carbocycles. The number of esters is 1. The third-order valence-electron chi connectivity index (χ3n) is 4.14. The number of rotatable bonds is 5. The van der Waals surface area contributed by atoms with Gasteiger partial charge in [-0.15, -0.1) is 0 Å². The number of ether oxygens (including phenoxy) is 1. The molecule has 1 amide bonds. The Morgan fingerprint density at radius 3 is 2.67 bits per heavy atom. The Balaban J connectivity index is 2.21. The summed E-state index contributed by atoms with van der Waals surface area (Å²) in [4.78, 5) is 26.2. The topological polar surface area (TPSA) is 46.6 Å². The first-order valence-electron chi connectivity index (χ1n) is 7.58. The van der Waals surface area contributed by atoms with Crippen molar-refractivity contribution in [3.63, 3.8) is 0 Å². The maximum absolute atomic E-state index is 12.3. The number of carbonyl (C=O) groups excluding carboxylic acids is 2. The molecule has 1 aliphatic rings. The first-order chi connectivity index (χ1) is 10.2. The van der Waals surface area contributed by atoms with Crippen LogP contribution in [0, 0.1) is 5.92 Å². The van der Waals surface area contributed by atoms with E-state index in [0.29, 0.717) is 19.4 Å². The molecule has 4 heteroatoms. The van der Waals surface area contributed by atoms with Crippen molar-refractivity contribution in [3.8, 4) is 0 Å². The van der Waals surface area contributed by atoms with Gasteiger partial charge in [0.15, 0.2) is 0 Å². The molecule has 0 bridgehead atoms. The molecule has 4 nitrogen and oxygen atoms in total. The Kier molecular flexibility index (Phi) is 5.37. The number of amides is 1. The fraction of sp³-hybridized carbons (Fsp3) is 0.529. The summed E-state index contributed by atoms with van der Waals surface area (Å²) in [5.74, 6) is -0.257. The molecule has 1 heterocycles. The van der Waals surface area contributed by atoms with Crippen LogP contribution in [0.25, 0.3) is 0 Å². The van der Waals surface area contributed by atoms with Crippen LogP contribution in [0.1, 0.15) is 38.2 Å². The van der Waals surface area contributed by atoms with Crippen LogP contribution < -0.4 is 0 Å². The maximum Gasteiger partial charge on any atom is 0.310 e. The van der Waals surface area contributed by atoms with Crippen LogP contribution in [0.3, 0.4) is 0 Å². The van der Waals surface area contributed by atoms with Gasteiger partial charge in [0.25, 0.3) is 0 Å². The normalized spacial score (nSPS) is 22.2. The van der Waals surface area contributed by atoms with Crippen LogP contribution in [0.15, 0.2) is 30.3 Å². The number of hydrogen-bond acceptors (Lipinski definition) is 3. The molecule has 114 valence electrons. The zero-order valence-corrected chi connectivity index (χ0v) is 12.7. The summed E-state index contributed by atoms with van der Waals surface area (Å²) in [6.07, 6.45) is 2.79. The number of nitrogens with zero attached hydrogens (tertiary/aromatic N) is 1. The monoisotopic (exact) mass is 289 g/mol. The Bertz CT molecular complexity index is 486. The number of likely N-dealkylation sites (tertiary alicyclic amines) is 1. The second-order valence-electron chi connectivity index (χ2n) is 5.53. The average Bonchev–Trinajstić information content (AvgIpc) is 2.51. The molecule has 0 aliphatic carbocycles. The number of hydrogen-bond donors (Lipinski definition) is 0. The van der Waals surface area contributed by atoms with Gasteiger partial charge in [0, 0.05) is 19.0 Å². The largest absolute Gasteiger partial charge is 0.469 e. The lowest BCUT2D eigenvalue weighted by Gasteiger charge is -2.40. The number of carbonyl (C=O) groups is 2. The van der Waals surface area contributed by atoms with Gasteiger partial charge in [0.2, 0.25) is 5.91 Å². The lowest BCUT2D eigenvalue weighted by Crippen LogP contribution is -2.50. The van der Waals surface area contributed by atoms with Crippen molar-refractivity contribution in [2.24, 2.45) is 5.92 Å². The first kappa shape index (κ1) is 15.5. The van der Waals surface area contributed by atoms with E-state index in [1.807, 2.05) is 35.2 Å². The minimum atomic E-state index is -0.198. The number of piperidine rings is 1. The summed E-state index contributed by atoms with van der Waals surface area (Å²) in [6.45, 7) is 2.64. The van der Waals surface area contributed by atoms with E-state index >= 15 is 0 Å². The van der Waals surface area contributed by atoms with Gasteiger partial charge in [-0.05, 0) is 18.4 Å². The Morgan fingerprint density at radius 1 is 1.33 bits per heavy atom. The van der Waals surface area contributed by atoms with Crippen molar-refractivity contribution < 1.29 is 14.3 Å². The lowest BCUT2D eigenvalue weighted by atomic mass is 9.85. The van der Waals surface area contributed by atoms with Crippen LogP contribution in [0.2, 0.25) is 0 Å². The molecule has 1 aromatic rings. The molecule has 0 saturated carbocycles. The molecule has 21 heavy (non-hydrogen) atoms. The summed E-state index contributed by atoms with van der Waals surface area (Å²) >= 11 is 0. The predicted molar refractivity (Wildman–Crippen MR) is 80.4 cm³/mol. The molecule has 0 aromatic heterocycles. The van der Waals surface area contributed by atoms with Gasteiger partial charge in [0.05, 0.1) is 13.0 Å². The van der Waals surface area contributed by atoms with E-state index in [-0.39, 0.29) is 23.8 Å². The van der Waals surface area contributed by atoms with Crippen molar-refractivity contribution in [3.05, 3.63) is 35.9 Å². The quantitative estimate of drug-likeness (QED) is 0.783. The molecule has 1 fully saturated rings. The number of methoxy groups -OCH3 is 1. The van der Waals surface area contributed by atoms with E-state index in [0.717, 1.165) is 18.4 Å². The van der Waals surface area contributed by atoms with Crippen LogP contribution in [0.5, 0.6) is 0 Å². The second-order valence-corrected chi connectivity index (χ2v) is 5.53. The molecular weight excluding hydrogens is 266 g/mol. The summed E-state index contributed by atoms with van der Waals surface area (Å²) in [6, 6.07) is 9.87. The molecule has 1 saturated heterocycles. The maximum atomic E-state index is 12.3. The van der Waals surface area contributed by atoms with E-state index in [2.05, 4.69) is 6.92 Å². The number of benzene rings is 1. The van der Waals surface area contributed by atoms with Gasteiger partial charge in [0.1, 0.15) is 0 Å². The van der Waals surface area contributed by atoms with E-state index in [1.165, 1.54) is 7.11 Å². The molecule has 2 atom stereocenters. The molecule has 0 radical (unpaired) electrons. The van der Waals surface area contributed by atoms with Crippen LogP contribution in [-0.4, -0.2) is 29.9 Å². The van der Waals surface area contributed by atoms with Crippen molar-refractivity contribution in [2.75, 3.05) is 7.11 Å². The third kappa shape index (κ3) is 3.63. The molecule has 0 spiro atoms. The third-order valence-corrected chi connectivity index (χ3v) is 4.14. The van der Waals surface area contributed by atoms with Crippen LogP contribution in [0.4, 0.5) is 0 Å². The molecule has 1 aliphatic heterocycles. The Hall–Kier alpha value is -1.84. The van der Waals surface area contributed by atoms with Gasteiger partial charge < -0.3 is 9.64 Å². The standard InChI is InChI=1S/C17H23NO3/c1-3-7-15-14(17(20)21-2)10-11-16(19)18(15)12-13-8-5-4-6-9-13/h4-6,8-9,14-15H,3,7,10-12H2,1-2H3/t14-,15-/m1/s1. The van der Waals surface area contributed by atoms with E-state index in [1.54, 1.807) is 0 Å². The summed E-state index contributed by atoms with van der Waals surface area (Å²) in [7, 11) is 1.42. The fourth-order valence-electron chi connectivity index (χ4n) is 3.08. The highest BCUT2D eigenvalue weighted by Crippen LogP contribution is 2.30. The summed E-state index contributed by atoms with van der Waals surface area (Å²) in [5.41, 5.74) is 1.09. The Labute approximate surface area is 126 Å². The molecule has 0 unspecified atom stereocenters. The van der Waals surface area contributed by atoms with Crippen molar-refractivity contribution in [1.29, 1.82) is 0 Å². The minimum absolute atomic E-state index is 0.0519. The zero-order chi connectivity index (χ0) is 15.2. The van der Waals surface area contributed by atoms with Crippen LogP contribution >= 0.6 is 0 Å². The van der Waals surface area contributed by atoms with E-state index in [4.69, 9.17) is 4.74 Å².